The average molecular weight is 217 g/mol. The van der Waals surface area contributed by atoms with Gasteiger partial charge in [0.1, 0.15) is 5.75 Å². The summed E-state index contributed by atoms with van der Waals surface area (Å²) in [6, 6.07) is 5.00. The number of amides is 1. The molecule has 0 aliphatic carbocycles. The Morgan fingerprint density at radius 2 is 2.13 bits per heavy atom. The fraction of sp³-hybridized carbons (Fsp3) is 0.364. The van der Waals surface area contributed by atoms with E-state index in [1.807, 2.05) is 6.07 Å². The Hall–Kier alpha value is -0.510. The molecule has 0 unspecified atom stereocenters. The van der Waals surface area contributed by atoms with Crippen LogP contribution in [0.25, 0.3) is 0 Å². The maximum absolute atomic E-state index is 10.9. The zero-order chi connectivity index (χ0) is 10.6. The summed E-state index contributed by atoms with van der Waals surface area (Å²) in [5.41, 5.74) is 6.36. The minimum atomic E-state index is -0.583. The van der Waals surface area contributed by atoms with Gasteiger partial charge in [0.05, 0.1) is 5.56 Å². The molecule has 0 spiro atoms. The molecule has 0 aliphatic heterocycles. The van der Waals surface area contributed by atoms with Gasteiger partial charge in [-0.25, -0.2) is 0 Å². The third kappa shape index (κ3) is 4.24. The minimum absolute atomic E-state index is 0. The SMILES string of the molecule is CCCCc1ccc(O)c(C(N)=O)c1.[NaH]. The van der Waals surface area contributed by atoms with Crippen molar-refractivity contribution >= 4 is 35.5 Å². The quantitative estimate of drug-likeness (QED) is 0.744. The van der Waals surface area contributed by atoms with Gasteiger partial charge in [0, 0.05) is 0 Å². The number of carbonyl (C=O) groups excluding carboxylic acids is 1. The van der Waals surface area contributed by atoms with Gasteiger partial charge in [0.2, 0.25) is 0 Å². The number of hydrogen-bond acceptors (Lipinski definition) is 2. The Labute approximate surface area is 112 Å². The van der Waals surface area contributed by atoms with Crippen molar-refractivity contribution in [2.75, 3.05) is 0 Å². The molecule has 15 heavy (non-hydrogen) atoms. The molecule has 0 aromatic heterocycles. The summed E-state index contributed by atoms with van der Waals surface area (Å²) in [5, 5.41) is 9.33. The number of nitrogens with two attached hydrogens (primary N) is 1. The zero-order valence-electron chi connectivity index (χ0n) is 8.29. The Morgan fingerprint density at radius 1 is 1.47 bits per heavy atom. The van der Waals surface area contributed by atoms with E-state index in [2.05, 4.69) is 6.92 Å². The summed E-state index contributed by atoms with van der Waals surface area (Å²) < 4.78 is 0. The van der Waals surface area contributed by atoms with Gasteiger partial charge in [-0.2, -0.15) is 0 Å². The molecule has 4 heteroatoms. The molecular formula is C11H16NNaO2. The van der Waals surface area contributed by atoms with Crippen molar-refractivity contribution in [3.8, 4) is 5.75 Å². The molecule has 0 heterocycles. The predicted octanol–water partition coefficient (Wildman–Crippen LogP) is 1.19. The van der Waals surface area contributed by atoms with Crippen molar-refractivity contribution in [3.63, 3.8) is 0 Å². The van der Waals surface area contributed by atoms with Crippen molar-refractivity contribution in [1.29, 1.82) is 0 Å². The molecule has 0 saturated heterocycles. The van der Waals surface area contributed by atoms with E-state index in [1.54, 1.807) is 6.07 Å². The molecule has 0 aliphatic rings. The summed E-state index contributed by atoms with van der Waals surface area (Å²) in [5.74, 6) is -0.626. The van der Waals surface area contributed by atoms with Crippen molar-refractivity contribution in [1.82, 2.24) is 0 Å². The van der Waals surface area contributed by atoms with E-state index in [0.29, 0.717) is 0 Å². The molecule has 1 rings (SSSR count). The van der Waals surface area contributed by atoms with E-state index in [0.717, 1.165) is 24.8 Å². The van der Waals surface area contributed by atoms with Crippen LogP contribution in [0.4, 0.5) is 0 Å². The standard InChI is InChI=1S/C11H15NO2.Na.H/c1-2-3-4-8-5-6-10(13)9(7-8)11(12)14;;/h5-7,13H,2-4H2,1H3,(H2,12,14);;. The van der Waals surface area contributed by atoms with Crippen LogP contribution in [-0.4, -0.2) is 40.6 Å². The van der Waals surface area contributed by atoms with Crippen LogP contribution in [0.5, 0.6) is 5.75 Å². The molecule has 0 saturated carbocycles. The topological polar surface area (TPSA) is 63.3 Å². The van der Waals surface area contributed by atoms with Crippen LogP contribution in [0.3, 0.4) is 0 Å². The second-order valence-corrected chi connectivity index (χ2v) is 3.32. The first-order valence-corrected chi connectivity index (χ1v) is 4.77. The second kappa shape index (κ2) is 6.88. The third-order valence-electron chi connectivity index (χ3n) is 2.15. The molecule has 0 atom stereocenters. The van der Waals surface area contributed by atoms with Crippen molar-refractivity contribution in [3.05, 3.63) is 29.3 Å². The molecule has 78 valence electrons. The first kappa shape index (κ1) is 14.5. The van der Waals surface area contributed by atoms with Gasteiger partial charge in [0.15, 0.2) is 0 Å². The van der Waals surface area contributed by atoms with Crippen molar-refractivity contribution in [2.45, 2.75) is 26.2 Å². The Bertz CT molecular complexity index is 339. The van der Waals surface area contributed by atoms with Crippen LogP contribution < -0.4 is 5.73 Å². The molecule has 3 N–H and O–H groups in total. The number of aromatic hydroxyl groups is 1. The third-order valence-corrected chi connectivity index (χ3v) is 2.15. The van der Waals surface area contributed by atoms with Crippen LogP contribution >= 0.6 is 0 Å². The first-order valence-electron chi connectivity index (χ1n) is 4.77. The van der Waals surface area contributed by atoms with E-state index in [-0.39, 0.29) is 40.9 Å². The van der Waals surface area contributed by atoms with Gasteiger partial charge < -0.3 is 10.8 Å². The second-order valence-electron chi connectivity index (χ2n) is 3.32. The van der Waals surface area contributed by atoms with Gasteiger partial charge >= 0.3 is 29.6 Å². The summed E-state index contributed by atoms with van der Waals surface area (Å²) in [6.45, 7) is 2.11. The van der Waals surface area contributed by atoms with Gasteiger partial charge in [0.25, 0.3) is 5.91 Å². The van der Waals surface area contributed by atoms with Gasteiger partial charge in [-0.1, -0.05) is 19.4 Å². The predicted molar refractivity (Wildman–Crippen MR) is 62.4 cm³/mol. The number of hydrogen-bond donors (Lipinski definition) is 2. The zero-order valence-corrected chi connectivity index (χ0v) is 8.29. The van der Waals surface area contributed by atoms with E-state index < -0.39 is 5.91 Å². The normalized spacial score (nSPS) is 9.40. The Kier molecular flexibility index (Phi) is 6.65. The van der Waals surface area contributed by atoms with Crippen molar-refractivity contribution in [2.24, 2.45) is 5.73 Å². The van der Waals surface area contributed by atoms with Gasteiger partial charge in [-0.15, -0.1) is 0 Å². The molecule has 1 aromatic rings. The first-order chi connectivity index (χ1) is 6.65. The fourth-order valence-corrected chi connectivity index (χ4v) is 1.32. The molecule has 0 radical (unpaired) electrons. The number of unbranched alkanes of at least 4 members (excludes halogenated alkanes) is 1. The van der Waals surface area contributed by atoms with E-state index in [4.69, 9.17) is 5.73 Å². The molecule has 1 aromatic carbocycles. The number of rotatable bonds is 4. The monoisotopic (exact) mass is 217 g/mol. The van der Waals surface area contributed by atoms with Gasteiger partial charge in [-0.05, 0) is 30.5 Å². The molecule has 1 amide bonds. The van der Waals surface area contributed by atoms with Crippen LogP contribution in [0.15, 0.2) is 18.2 Å². The van der Waals surface area contributed by atoms with E-state index in [1.165, 1.54) is 6.07 Å². The van der Waals surface area contributed by atoms with E-state index in [9.17, 15) is 9.90 Å². The fourth-order valence-electron chi connectivity index (χ4n) is 1.32. The molecular weight excluding hydrogens is 201 g/mol. The Balaban J connectivity index is 0.00000196. The van der Waals surface area contributed by atoms with Crippen LogP contribution in [0.2, 0.25) is 0 Å². The summed E-state index contributed by atoms with van der Waals surface area (Å²) in [4.78, 5) is 10.9. The summed E-state index contributed by atoms with van der Waals surface area (Å²) >= 11 is 0. The van der Waals surface area contributed by atoms with Crippen LogP contribution in [-0.2, 0) is 6.42 Å². The molecule has 0 bridgehead atoms. The average Bonchev–Trinajstić information content (AvgIpc) is 2.16. The number of carbonyl (C=O) groups is 1. The van der Waals surface area contributed by atoms with Crippen LogP contribution in [0.1, 0.15) is 35.7 Å². The number of phenols is 1. The van der Waals surface area contributed by atoms with Gasteiger partial charge in [-0.3, -0.25) is 4.79 Å². The summed E-state index contributed by atoms with van der Waals surface area (Å²) in [7, 11) is 0. The maximum atomic E-state index is 10.9. The van der Waals surface area contributed by atoms with E-state index >= 15 is 0 Å². The van der Waals surface area contributed by atoms with Crippen LogP contribution in [0, 0.1) is 0 Å². The summed E-state index contributed by atoms with van der Waals surface area (Å²) in [6.07, 6.45) is 3.09. The molecule has 3 nitrogen and oxygen atoms in total. The Morgan fingerprint density at radius 3 is 2.67 bits per heavy atom. The number of benzene rings is 1. The number of primary amides is 1. The molecule has 0 fully saturated rings. The number of aryl methyl sites for hydroxylation is 1. The van der Waals surface area contributed by atoms with Crippen molar-refractivity contribution < 1.29 is 9.90 Å².